The molecule has 11 heteroatoms. The molecular weight excluding hydrogens is 374 g/mol. The number of nitrogens with zero attached hydrogens (tertiary/aromatic N) is 1. The second-order valence-corrected chi connectivity index (χ2v) is 5.35. The third kappa shape index (κ3) is 4.84. The van der Waals surface area contributed by atoms with Gasteiger partial charge in [-0.15, -0.1) is 13.2 Å². The lowest BCUT2D eigenvalue weighted by molar-refractivity contribution is -0.275. The number of aliphatic hydroxyl groups is 1. The van der Waals surface area contributed by atoms with E-state index in [0.29, 0.717) is 6.21 Å². The lowest BCUT2D eigenvalue weighted by Crippen LogP contribution is -2.26. The predicted molar refractivity (Wildman–Crippen MR) is 86.1 cm³/mol. The Kier molecular flexibility index (Phi) is 5.52. The molecule has 0 aromatic heterocycles. The number of aliphatic carboxylic acids is 1. The molecule has 0 fully saturated rings. The van der Waals surface area contributed by atoms with Crippen LogP contribution in [0.1, 0.15) is 12.5 Å². The van der Waals surface area contributed by atoms with Crippen molar-refractivity contribution in [2.75, 3.05) is 0 Å². The molecule has 27 heavy (non-hydrogen) atoms. The van der Waals surface area contributed by atoms with E-state index in [9.17, 15) is 27.5 Å². The standard InChI is InChI=1S/C16H13F4N3O4/c1-7-9(14(24)23-13(22-7)10(6-21)15(25)26)4-8-2-3-11(17)12(5-8)27-16(18,19)20/h2-3,5-6,21,23-24H,4H2,1H3,(H,25,26)/b13-10+,21-6?. The second-order valence-electron chi connectivity index (χ2n) is 5.35. The highest BCUT2D eigenvalue weighted by atomic mass is 19.4. The molecule has 0 atom stereocenters. The van der Waals surface area contributed by atoms with Crippen molar-refractivity contribution in [2.45, 2.75) is 19.7 Å². The van der Waals surface area contributed by atoms with Crippen molar-refractivity contribution in [2.24, 2.45) is 4.99 Å². The van der Waals surface area contributed by atoms with E-state index >= 15 is 0 Å². The fourth-order valence-electron chi connectivity index (χ4n) is 2.26. The van der Waals surface area contributed by atoms with E-state index in [2.05, 4.69) is 15.0 Å². The number of hydrogen-bond acceptors (Lipinski definition) is 6. The van der Waals surface area contributed by atoms with Gasteiger partial charge in [-0.2, -0.15) is 0 Å². The van der Waals surface area contributed by atoms with Gasteiger partial charge in [0, 0.05) is 23.9 Å². The van der Waals surface area contributed by atoms with Crippen LogP contribution in [-0.2, 0) is 11.2 Å². The number of hydrogen-bond donors (Lipinski definition) is 4. The number of allylic oxidation sites excluding steroid dienone is 1. The Balaban J connectivity index is 2.33. The number of benzene rings is 1. The monoisotopic (exact) mass is 387 g/mol. The average molecular weight is 387 g/mol. The van der Waals surface area contributed by atoms with E-state index in [4.69, 9.17) is 10.5 Å². The molecule has 0 saturated carbocycles. The maximum absolute atomic E-state index is 13.5. The van der Waals surface area contributed by atoms with Crippen molar-refractivity contribution >= 4 is 17.9 Å². The zero-order valence-electron chi connectivity index (χ0n) is 13.7. The molecular formula is C16H13F4N3O4. The summed E-state index contributed by atoms with van der Waals surface area (Å²) in [6.07, 6.45) is -4.66. The third-order valence-corrected chi connectivity index (χ3v) is 3.47. The molecule has 144 valence electrons. The molecule has 0 unspecified atom stereocenters. The number of halogens is 4. The zero-order valence-corrected chi connectivity index (χ0v) is 13.7. The predicted octanol–water partition coefficient (Wildman–Crippen LogP) is 3.05. The molecule has 0 saturated heterocycles. The van der Waals surface area contributed by atoms with Gasteiger partial charge in [0.05, 0.1) is 0 Å². The van der Waals surface area contributed by atoms with Crippen LogP contribution in [0.15, 0.2) is 46.0 Å². The van der Waals surface area contributed by atoms with Crippen molar-refractivity contribution in [3.8, 4) is 5.75 Å². The number of carboxylic acids is 1. The van der Waals surface area contributed by atoms with Gasteiger partial charge in [-0.1, -0.05) is 6.07 Å². The fraction of sp³-hybridized carbons (Fsp3) is 0.188. The highest BCUT2D eigenvalue weighted by Gasteiger charge is 2.32. The summed E-state index contributed by atoms with van der Waals surface area (Å²) < 4.78 is 54.0. The van der Waals surface area contributed by atoms with Crippen LogP contribution in [0.5, 0.6) is 5.75 Å². The number of carboxylic acid groups (broad SMARTS) is 1. The summed E-state index contributed by atoms with van der Waals surface area (Å²) in [5, 5.41) is 28.5. The fourth-order valence-corrected chi connectivity index (χ4v) is 2.26. The Morgan fingerprint density at radius 2 is 2.07 bits per heavy atom. The molecule has 0 amide bonds. The van der Waals surface area contributed by atoms with Crippen molar-refractivity contribution in [3.63, 3.8) is 0 Å². The van der Waals surface area contributed by atoms with E-state index in [-0.39, 0.29) is 29.1 Å². The summed E-state index contributed by atoms with van der Waals surface area (Å²) in [6.45, 7) is 1.44. The normalized spacial score (nSPS) is 16.4. The molecule has 4 N–H and O–H groups in total. The molecule has 2 rings (SSSR count). The number of aliphatic hydroxyl groups excluding tert-OH is 1. The minimum absolute atomic E-state index is 0.136. The molecule has 1 aliphatic rings. The van der Waals surface area contributed by atoms with E-state index in [1.807, 2.05) is 0 Å². The summed E-state index contributed by atoms with van der Waals surface area (Å²) in [4.78, 5) is 15.0. The lowest BCUT2D eigenvalue weighted by Gasteiger charge is -2.20. The second kappa shape index (κ2) is 7.48. The molecule has 0 bridgehead atoms. The van der Waals surface area contributed by atoms with Gasteiger partial charge in [0.1, 0.15) is 11.4 Å². The summed E-state index contributed by atoms with van der Waals surface area (Å²) in [5.41, 5.74) is 0.0107. The van der Waals surface area contributed by atoms with Gasteiger partial charge in [-0.25, -0.2) is 14.2 Å². The Hall–Kier alpha value is -3.37. The molecule has 0 radical (unpaired) electrons. The van der Waals surface area contributed by atoms with Crippen LogP contribution in [0.3, 0.4) is 0 Å². The minimum atomic E-state index is -5.07. The van der Waals surface area contributed by atoms with Crippen molar-refractivity contribution < 1.29 is 37.3 Å². The molecule has 1 aromatic carbocycles. The number of carbonyl (C=O) groups is 1. The van der Waals surface area contributed by atoms with Crippen LogP contribution in [0.4, 0.5) is 17.6 Å². The smallest absolute Gasteiger partial charge is 0.494 e. The summed E-state index contributed by atoms with van der Waals surface area (Å²) in [6, 6.07) is 2.83. The Morgan fingerprint density at radius 1 is 1.41 bits per heavy atom. The van der Waals surface area contributed by atoms with Crippen molar-refractivity contribution in [3.05, 3.63) is 52.4 Å². The number of ether oxygens (including phenoxy) is 1. The first kappa shape index (κ1) is 19.9. The quantitative estimate of drug-likeness (QED) is 0.352. The third-order valence-electron chi connectivity index (χ3n) is 3.47. The van der Waals surface area contributed by atoms with Gasteiger partial charge in [0.15, 0.2) is 17.4 Å². The van der Waals surface area contributed by atoms with E-state index in [1.165, 1.54) is 13.0 Å². The van der Waals surface area contributed by atoms with Gasteiger partial charge in [-0.05, 0) is 24.6 Å². The summed E-state index contributed by atoms with van der Waals surface area (Å²) >= 11 is 0. The molecule has 1 heterocycles. The number of nitrogens with one attached hydrogen (secondary N) is 2. The highest BCUT2D eigenvalue weighted by molar-refractivity contribution is 6.09. The Morgan fingerprint density at radius 3 is 2.59 bits per heavy atom. The van der Waals surface area contributed by atoms with Crippen LogP contribution < -0.4 is 10.1 Å². The SMILES string of the molecule is CC1=N/C(=C(/C=N)C(=O)O)NC(O)=C1Cc1ccc(F)c(OC(F)(F)F)c1. The van der Waals surface area contributed by atoms with E-state index in [0.717, 1.165) is 12.1 Å². The highest BCUT2D eigenvalue weighted by Crippen LogP contribution is 2.28. The minimum Gasteiger partial charge on any atom is -0.494 e. The molecule has 7 nitrogen and oxygen atoms in total. The number of rotatable bonds is 5. The van der Waals surface area contributed by atoms with Gasteiger partial charge < -0.3 is 25.7 Å². The van der Waals surface area contributed by atoms with Crippen molar-refractivity contribution in [1.29, 1.82) is 5.41 Å². The summed E-state index contributed by atoms with van der Waals surface area (Å²) in [5.74, 6) is -4.41. The van der Waals surface area contributed by atoms with Crippen molar-refractivity contribution in [1.82, 2.24) is 5.32 Å². The van der Waals surface area contributed by atoms with Crippen LogP contribution in [0, 0.1) is 11.2 Å². The Bertz CT molecular complexity index is 888. The first-order chi connectivity index (χ1) is 12.5. The Labute approximate surface area is 149 Å². The average Bonchev–Trinajstić information content (AvgIpc) is 2.53. The number of aliphatic imine (C=N–C) groups is 1. The topological polar surface area (TPSA) is 115 Å². The maximum atomic E-state index is 13.5. The lowest BCUT2D eigenvalue weighted by atomic mass is 10.0. The molecule has 0 spiro atoms. The molecule has 0 aliphatic carbocycles. The van der Waals surface area contributed by atoms with Gasteiger partial charge in [0.2, 0.25) is 0 Å². The number of alkyl halides is 3. The van der Waals surface area contributed by atoms with Gasteiger partial charge >= 0.3 is 12.3 Å². The summed E-state index contributed by atoms with van der Waals surface area (Å²) in [7, 11) is 0. The van der Waals surface area contributed by atoms with Crippen LogP contribution in [-0.4, -0.2) is 34.5 Å². The van der Waals surface area contributed by atoms with E-state index < -0.39 is 35.4 Å². The van der Waals surface area contributed by atoms with Crippen LogP contribution >= 0.6 is 0 Å². The first-order valence-electron chi connectivity index (χ1n) is 7.29. The van der Waals surface area contributed by atoms with E-state index in [1.54, 1.807) is 0 Å². The van der Waals surface area contributed by atoms with Gasteiger partial charge in [0.25, 0.3) is 0 Å². The zero-order chi connectivity index (χ0) is 20.4. The maximum Gasteiger partial charge on any atom is 0.573 e. The molecule has 1 aliphatic heterocycles. The van der Waals surface area contributed by atoms with Crippen LogP contribution in [0.2, 0.25) is 0 Å². The molecule has 1 aromatic rings. The van der Waals surface area contributed by atoms with Crippen LogP contribution in [0.25, 0.3) is 0 Å². The first-order valence-corrected chi connectivity index (χ1v) is 7.29. The van der Waals surface area contributed by atoms with Gasteiger partial charge in [-0.3, -0.25) is 0 Å². The largest absolute Gasteiger partial charge is 0.573 e.